The molecule has 1 aromatic rings. The number of piperazine rings is 1. The Hall–Kier alpha value is -1.13. The first-order valence-corrected chi connectivity index (χ1v) is 7.40. The van der Waals surface area contributed by atoms with Gasteiger partial charge in [0.1, 0.15) is 5.82 Å². The summed E-state index contributed by atoms with van der Waals surface area (Å²) in [5.74, 6) is 1.14. The Labute approximate surface area is 115 Å². The van der Waals surface area contributed by atoms with Crippen LogP contribution in [0, 0.1) is 0 Å². The van der Waals surface area contributed by atoms with Gasteiger partial charge in [-0.25, -0.2) is 4.98 Å². The molecule has 0 spiro atoms. The topological polar surface area (TPSA) is 31.4 Å². The standard InChI is InChI=1S/C15H24N4/c1-12(16-2)13-5-6-17-15(10-13)19-9-8-18-7-3-4-14(18)11-19/h5-6,10,12,14,16H,3-4,7-9,11H2,1-2H3. The van der Waals surface area contributed by atoms with Crippen LogP contribution in [0.1, 0.15) is 31.4 Å². The van der Waals surface area contributed by atoms with Crippen molar-refractivity contribution >= 4 is 5.82 Å². The summed E-state index contributed by atoms with van der Waals surface area (Å²) in [5.41, 5.74) is 1.32. The maximum Gasteiger partial charge on any atom is 0.128 e. The molecule has 2 fully saturated rings. The molecular formula is C15H24N4. The van der Waals surface area contributed by atoms with Crippen LogP contribution in [0.2, 0.25) is 0 Å². The van der Waals surface area contributed by atoms with Gasteiger partial charge in [0, 0.05) is 37.9 Å². The molecule has 0 saturated carbocycles. The highest BCUT2D eigenvalue weighted by Crippen LogP contribution is 2.25. The lowest BCUT2D eigenvalue weighted by Crippen LogP contribution is -2.50. The summed E-state index contributed by atoms with van der Waals surface area (Å²) in [7, 11) is 2.00. The molecule has 3 heterocycles. The first-order chi connectivity index (χ1) is 9.28. The summed E-state index contributed by atoms with van der Waals surface area (Å²) in [4.78, 5) is 9.67. The molecule has 19 heavy (non-hydrogen) atoms. The quantitative estimate of drug-likeness (QED) is 0.895. The van der Waals surface area contributed by atoms with Crippen LogP contribution in [0.4, 0.5) is 5.82 Å². The first-order valence-electron chi connectivity index (χ1n) is 7.40. The molecule has 0 amide bonds. The third-order valence-corrected chi connectivity index (χ3v) is 4.61. The van der Waals surface area contributed by atoms with Crippen LogP contribution in [0.3, 0.4) is 0 Å². The molecule has 0 aliphatic carbocycles. The number of aromatic nitrogens is 1. The minimum atomic E-state index is 0.384. The van der Waals surface area contributed by atoms with Crippen molar-refractivity contribution in [3.8, 4) is 0 Å². The van der Waals surface area contributed by atoms with Gasteiger partial charge in [0.2, 0.25) is 0 Å². The van der Waals surface area contributed by atoms with E-state index in [2.05, 4.69) is 39.2 Å². The lowest BCUT2D eigenvalue weighted by Gasteiger charge is -2.38. The summed E-state index contributed by atoms with van der Waals surface area (Å²) in [6.07, 6.45) is 4.66. The van der Waals surface area contributed by atoms with Gasteiger partial charge in [0.15, 0.2) is 0 Å². The minimum absolute atomic E-state index is 0.384. The third kappa shape index (κ3) is 2.60. The molecule has 2 atom stereocenters. The van der Waals surface area contributed by atoms with E-state index >= 15 is 0 Å². The SMILES string of the molecule is CNC(C)c1ccnc(N2CCN3CCCC3C2)c1. The van der Waals surface area contributed by atoms with Crippen molar-refractivity contribution in [2.75, 3.05) is 38.1 Å². The zero-order chi connectivity index (χ0) is 13.2. The fourth-order valence-electron chi connectivity index (χ4n) is 3.24. The van der Waals surface area contributed by atoms with Crippen molar-refractivity contribution in [1.29, 1.82) is 0 Å². The van der Waals surface area contributed by atoms with Crippen LogP contribution in [0.25, 0.3) is 0 Å². The number of nitrogens with one attached hydrogen (secondary N) is 1. The Bertz CT molecular complexity index is 434. The summed E-state index contributed by atoms with van der Waals surface area (Å²) in [6, 6.07) is 5.48. The Morgan fingerprint density at radius 2 is 2.26 bits per heavy atom. The van der Waals surface area contributed by atoms with E-state index in [1.165, 1.54) is 31.5 Å². The van der Waals surface area contributed by atoms with Crippen LogP contribution in [-0.4, -0.2) is 49.2 Å². The molecule has 3 rings (SSSR count). The van der Waals surface area contributed by atoms with Gasteiger partial charge in [-0.2, -0.15) is 0 Å². The number of hydrogen-bond acceptors (Lipinski definition) is 4. The second-order valence-electron chi connectivity index (χ2n) is 5.74. The van der Waals surface area contributed by atoms with Gasteiger partial charge < -0.3 is 10.2 Å². The van der Waals surface area contributed by atoms with Gasteiger partial charge in [-0.1, -0.05) is 0 Å². The molecule has 2 aliphatic heterocycles. The molecule has 2 unspecified atom stereocenters. The van der Waals surface area contributed by atoms with Crippen molar-refractivity contribution in [3.05, 3.63) is 23.9 Å². The maximum atomic E-state index is 4.57. The number of anilines is 1. The average molecular weight is 260 g/mol. The van der Waals surface area contributed by atoms with E-state index < -0.39 is 0 Å². The van der Waals surface area contributed by atoms with E-state index in [-0.39, 0.29) is 0 Å². The number of hydrogen-bond donors (Lipinski definition) is 1. The highest BCUT2D eigenvalue weighted by molar-refractivity contribution is 5.42. The van der Waals surface area contributed by atoms with E-state index in [4.69, 9.17) is 0 Å². The number of fused-ring (bicyclic) bond motifs is 1. The van der Waals surface area contributed by atoms with E-state index in [1.807, 2.05) is 13.2 Å². The summed E-state index contributed by atoms with van der Waals surface area (Å²) in [6.45, 7) is 6.93. The Morgan fingerprint density at radius 1 is 1.37 bits per heavy atom. The molecular weight excluding hydrogens is 236 g/mol. The normalized spacial score (nSPS) is 25.4. The maximum absolute atomic E-state index is 4.57. The van der Waals surface area contributed by atoms with Gasteiger partial charge in [-0.3, -0.25) is 4.90 Å². The second-order valence-corrected chi connectivity index (χ2v) is 5.74. The lowest BCUT2D eigenvalue weighted by molar-refractivity contribution is 0.230. The molecule has 1 aromatic heterocycles. The lowest BCUT2D eigenvalue weighted by atomic mass is 10.1. The van der Waals surface area contributed by atoms with Gasteiger partial charge >= 0.3 is 0 Å². The van der Waals surface area contributed by atoms with E-state index in [9.17, 15) is 0 Å². The number of rotatable bonds is 3. The fourth-order valence-corrected chi connectivity index (χ4v) is 3.24. The summed E-state index contributed by atoms with van der Waals surface area (Å²) >= 11 is 0. The Kier molecular flexibility index (Phi) is 3.71. The van der Waals surface area contributed by atoms with Crippen molar-refractivity contribution in [2.24, 2.45) is 0 Å². The highest BCUT2D eigenvalue weighted by atomic mass is 15.3. The molecule has 0 bridgehead atoms. The number of pyridine rings is 1. The molecule has 2 saturated heterocycles. The molecule has 2 aliphatic rings. The van der Waals surface area contributed by atoms with Gasteiger partial charge in [-0.05, 0) is 51.1 Å². The molecule has 0 radical (unpaired) electrons. The smallest absolute Gasteiger partial charge is 0.128 e. The average Bonchev–Trinajstić information content (AvgIpc) is 2.94. The minimum Gasteiger partial charge on any atom is -0.354 e. The van der Waals surface area contributed by atoms with Crippen molar-refractivity contribution < 1.29 is 0 Å². The first kappa shape index (κ1) is 12.9. The van der Waals surface area contributed by atoms with Crippen LogP contribution in [0.5, 0.6) is 0 Å². The molecule has 1 N–H and O–H groups in total. The second kappa shape index (κ2) is 5.47. The van der Waals surface area contributed by atoms with Crippen LogP contribution in [0.15, 0.2) is 18.3 Å². The predicted octanol–water partition coefficient (Wildman–Crippen LogP) is 1.65. The predicted molar refractivity (Wildman–Crippen MR) is 78.5 cm³/mol. The van der Waals surface area contributed by atoms with Crippen molar-refractivity contribution in [1.82, 2.24) is 15.2 Å². The molecule has 104 valence electrons. The molecule has 0 aromatic carbocycles. The highest BCUT2D eigenvalue weighted by Gasteiger charge is 2.30. The number of nitrogens with zero attached hydrogens (tertiary/aromatic N) is 3. The Balaban J connectivity index is 1.75. The summed E-state index contributed by atoms with van der Waals surface area (Å²) < 4.78 is 0. The molecule has 4 nitrogen and oxygen atoms in total. The van der Waals surface area contributed by atoms with Crippen molar-refractivity contribution in [2.45, 2.75) is 31.8 Å². The van der Waals surface area contributed by atoms with E-state index in [0.717, 1.165) is 24.9 Å². The zero-order valence-electron chi connectivity index (χ0n) is 12.0. The summed E-state index contributed by atoms with van der Waals surface area (Å²) in [5, 5.41) is 3.29. The van der Waals surface area contributed by atoms with Crippen LogP contribution in [-0.2, 0) is 0 Å². The molecule has 4 heteroatoms. The largest absolute Gasteiger partial charge is 0.354 e. The van der Waals surface area contributed by atoms with Crippen LogP contribution >= 0.6 is 0 Å². The van der Waals surface area contributed by atoms with Gasteiger partial charge in [0.25, 0.3) is 0 Å². The fraction of sp³-hybridized carbons (Fsp3) is 0.667. The van der Waals surface area contributed by atoms with E-state index in [1.54, 1.807) is 0 Å². The Morgan fingerprint density at radius 3 is 3.11 bits per heavy atom. The monoisotopic (exact) mass is 260 g/mol. The van der Waals surface area contributed by atoms with Gasteiger partial charge in [-0.15, -0.1) is 0 Å². The van der Waals surface area contributed by atoms with E-state index in [0.29, 0.717) is 6.04 Å². The van der Waals surface area contributed by atoms with Crippen molar-refractivity contribution in [3.63, 3.8) is 0 Å². The van der Waals surface area contributed by atoms with Gasteiger partial charge in [0.05, 0.1) is 0 Å². The van der Waals surface area contributed by atoms with Crippen LogP contribution < -0.4 is 10.2 Å². The third-order valence-electron chi connectivity index (χ3n) is 4.61. The zero-order valence-corrected chi connectivity index (χ0v) is 12.0.